The zero-order chi connectivity index (χ0) is 21.4. The fourth-order valence-corrected chi connectivity index (χ4v) is 3.98. The van der Waals surface area contributed by atoms with E-state index in [1.807, 2.05) is 35.2 Å². The standard InChI is InChI=1S/C23H22N4O4/c1-14-21(29)24-18-13-17(7-8-19(18)30-14)20(28)15-9-11-27(12-10-15)23-25-22(31-26-23)16-5-3-2-4-6-16/h2-8,13-15H,9-12H2,1H3,(H,24,29). The normalized spacial score (nSPS) is 18.8. The van der Waals surface area contributed by atoms with E-state index in [0.717, 1.165) is 5.56 Å². The van der Waals surface area contributed by atoms with Crippen LogP contribution in [0.4, 0.5) is 11.6 Å². The summed E-state index contributed by atoms with van der Waals surface area (Å²) in [6, 6.07) is 14.9. The minimum atomic E-state index is -0.536. The third-order valence-corrected chi connectivity index (χ3v) is 5.78. The van der Waals surface area contributed by atoms with Crippen molar-refractivity contribution in [3.63, 3.8) is 0 Å². The number of carbonyl (C=O) groups excluding carboxylic acids is 2. The second kappa shape index (κ2) is 7.86. The van der Waals surface area contributed by atoms with Crippen molar-refractivity contribution in [1.29, 1.82) is 0 Å². The third-order valence-electron chi connectivity index (χ3n) is 5.78. The molecule has 1 atom stereocenters. The van der Waals surface area contributed by atoms with E-state index in [0.29, 0.717) is 54.8 Å². The molecule has 2 aromatic carbocycles. The molecule has 2 aliphatic heterocycles. The fraction of sp³-hybridized carbons (Fsp3) is 0.304. The summed E-state index contributed by atoms with van der Waals surface area (Å²) in [5.41, 5.74) is 2.01. The van der Waals surface area contributed by atoms with Gasteiger partial charge in [0.25, 0.3) is 17.7 Å². The van der Waals surface area contributed by atoms with Crippen molar-refractivity contribution in [1.82, 2.24) is 10.1 Å². The van der Waals surface area contributed by atoms with Crippen LogP contribution in [-0.4, -0.2) is 41.0 Å². The molecule has 31 heavy (non-hydrogen) atoms. The highest BCUT2D eigenvalue weighted by atomic mass is 16.5. The minimum absolute atomic E-state index is 0.0772. The molecule has 1 amide bonds. The monoisotopic (exact) mass is 418 g/mol. The van der Waals surface area contributed by atoms with E-state index >= 15 is 0 Å². The number of nitrogens with zero attached hydrogens (tertiary/aromatic N) is 3. The molecule has 1 fully saturated rings. The van der Waals surface area contributed by atoms with E-state index in [-0.39, 0.29) is 17.6 Å². The van der Waals surface area contributed by atoms with Crippen molar-refractivity contribution in [2.75, 3.05) is 23.3 Å². The molecule has 0 spiro atoms. The summed E-state index contributed by atoms with van der Waals surface area (Å²) >= 11 is 0. The number of rotatable bonds is 4. The number of carbonyl (C=O) groups is 2. The van der Waals surface area contributed by atoms with Gasteiger partial charge in [-0.15, -0.1) is 0 Å². The van der Waals surface area contributed by atoms with Gasteiger partial charge < -0.3 is 19.5 Å². The number of hydrogen-bond acceptors (Lipinski definition) is 7. The second-order valence-electron chi connectivity index (χ2n) is 7.85. The molecular formula is C23H22N4O4. The van der Waals surface area contributed by atoms with Crippen LogP contribution < -0.4 is 15.0 Å². The first-order valence-electron chi connectivity index (χ1n) is 10.4. The van der Waals surface area contributed by atoms with Crippen LogP contribution in [0.15, 0.2) is 53.1 Å². The molecule has 2 aliphatic rings. The molecule has 0 radical (unpaired) electrons. The van der Waals surface area contributed by atoms with Gasteiger partial charge in [-0.1, -0.05) is 18.2 Å². The zero-order valence-electron chi connectivity index (χ0n) is 17.1. The third kappa shape index (κ3) is 3.76. The maximum atomic E-state index is 13.0. The van der Waals surface area contributed by atoms with Crippen LogP contribution in [0.2, 0.25) is 0 Å². The first-order chi connectivity index (χ1) is 15.1. The maximum Gasteiger partial charge on any atom is 0.266 e. The molecule has 0 saturated carbocycles. The van der Waals surface area contributed by atoms with Crippen LogP contribution in [-0.2, 0) is 4.79 Å². The topological polar surface area (TPSA) is 97.6 Å². The largest absolute Gasteiger partial charge is 0.479 e. The molecule has 0 aliphatic carbocycles. The van der Waals surface area contributed by atoms with Crippen LogP contribution in [0.1, 0.15) is 30.1 Å². The number of anilines is 2. The lowest BCUT2D eigenvalue weighted by Crippen LogP contribution is -2.37. The Bertz CT molecular complexity index is 1120. The SMILES string of the molecule is CC1Oc2ccc(C(=O)C3CCN(c4noc(-c5ccccc5)n4)CC3)cc2NC1=O. The Morgan fingerprint density at radius 3 is 2.68 bits per heavy atom. The van der Waals surface area contributed by atoms with Crippen molar-refractivity contribution in [3.05, 3.63) is 54.1 Å². The molecule has 5 rings (SSSR count). The van der Waals surface area contributed by atoms with Crippen molar-refractivity contribution in [2.24, 2.45) is 5.92 Å². The van der Waals surface area contributed by atoms with Gasteiger partial charge in [0.05, 0.1) is 5.69 Å². The predicted molar refractivity (Wildman–Crippen MR) is 114 cm³/mol. The zero-order valence-corrected chi connectivity index (χ0v) is 17.1. The summed E-state index contributed by atoms with van der Waals surface area (Å²) < 4.78 is 11.0. The van der Waals surface area contributed by atoms with E-state index in [2.05, 4.69) is 15.5 Å². The van der Waals surface area contributed by atoms with Crippen molar-refractivity contribution < 1.29 is 18.8 Å². The van der Waals surface area contributed by atoms with Gasteiger partial charge in [0.15, 0.2) is 11.9 Å². The lowest BCUT2D eigenvalue weighted by molar-refractivity contribution is -0.122. The minimum Gasteiger partial charge on any atom is -0.479 e. The van der Waals surface area contributed by atoms with Crippen LogP contribution >= 0.6 is 0 Å². The number of amides is 1. The highest BCUT2D eigenvalue weighted by molar-refractivity contribution is 6.02. The molecule has 3 aromatic rings. The first kappa shape index (κ1) is 19.3. The molecule has 1 saturated heterocycles. The van der Waals surface area contributed by atoms with Crippen LogP contribution in [0.3, 0.4) is 0 Å². The number of Topliss-reactive ketones (excluding diaryl/α,β-unsaturated/α-hetero) is 1. The van der Waals surface area contributed by atoms with Gasteiger partial charge in [-0.25, -0.2) is 0 Å². The number of ether oxygens (including phenoxy) is 1. The first-order valence-corrected chi connectivity index (χ1v) is 10.4. The molecule has 0 bridgehead atoms. The van der Waals surface area contributed by atoms with E-state index in [4.69, 9.17) is 9.26 Å². The van der Waals surface area contributed by atoms with E-state index in [1.165, 1.54) is 0 Å². The molecule has 8 nitrogen and oxygen atoms in total. The molecular weight excluding hydrogens is 396 g/mol. The number of ketones is 1. The Morgan fingerprint density at radius 1 is 1.13 bits per heavy atom. The van der Waals surface area contributed by atoms with Gasteiger partial charge in [0.1, 0.15) is 5.75 Å². The number of aromatic nitrogens is 2. The number of benzene rings is 2. The summed E-state index contributed by atoms with van der Waals surface area (Å²) in [6.07, 6.45) is 0.863. The average molecular weight is 418 g/mol. The number of fused-ring (bicyclic) bond motifs is 1. The van der Waals surface area contributed by atoms with Crippen molar-refractivity contribution >= 4 is 23.3 Å². The van der Waals surface area contributed by atoms with Crippen molar-refractivity contribution in [3.8, 4) is 17.2 Å². The number of piperidine rings is 1. The van der Waals surface area contributed by atoms with Gasteiger partial charge in [0.2, 0.25) is 0 Å². The quantitative estimate of drug-likeness (QED) is 0.647. The van der Waals surface area contributed by atoms with Crippen LogP contribution in [0.5, 0.6) is 5.75 Å². The fourth-order valence-electron chi connectivity index (χ4n) is 3.98. The molecule has 1 unspecified atom stereocenters. The highest BCUT2D eigenvalue weighted by Gasteiger charge is 2.30. The molecule has 158 valence electrons. The summed E-state index contributed by atoms with van der Waals surface area (Å²) in [4.78, 5) is 31.4. The Labute approximate surface area is 179 Å². The molecule has 1 aromatic heterocycles. The Morgan fingerprint density at radius 2 is 1.90 bits per heavy atom. The van der Waals surface area contributed by atoms with Gasteiger partial charge in [-0.05, 0) is 55.3 Å². The second-order valence-corrected chi connectivity index (χ2v) is 7.85. The lowest BCUT2D eigenvalue weighted by Gasteiger charge is -2.30. The van der Waals surface area contributed by atoms with Crippen molar-refractivity contribution in [2.45, 2.75) is 25.9 Å². The van der Waals surface area contributed by atoms with Crippen LogP contribution in [0.25, 0.3) is 11.5 Å². The molecule has 3 heterocycles. The van der Waals surface area contributed by atoms with E-state index in [9.17, 15) is 9.59 Å². The average Bonchev–Trinajstić information content (AvgIpc) is 3.30. The van der Waals surface area contributed by atoms with E-state index < -0.39 is 6.10 Å². The Balaban J connectivity index is 1.24. The smallest absolute Gasteiger partial charge is 0.266 e. The summed E-state index contributed by atoms with van der Waals surface area (Å²) in [5.74, 6) is 1.40. The maximum absolute atomic E-state index is 13.0. The van der Waals surface area contributed by atoms with Gasteiger partial charge in [-0.2, -0.15) is 4.98 Å². The van der Waals surface area contributed by atoms with E-state index in [1.54, 1.807) is 25.1 Å². The van der Waals surface area contributed by atoms with Gasteiger partial charge >= 0.3 is 0 Å². The Kier molecular flexibility index (Phi) is 4.89. The summed E-state index contributed by atoms with van der Waals surface area (Å²) in [6.45, 7) is 3.04. The summed E-state index contributed by atoms with van der Waals surface area (Å²) in [7, 11) is 0. The lowest BCUT2D eigenvalue weighted by atomic mass is 9.88. The molecule has 1 N–H and O–H groups in total. The highest BCUT2D eigenvalue weighted by Crippen LogP contribution is 2.32. The van der Waals surface area contributed by atoms with Gasteiger partial charge in [-0.3, -0.25) is 9.59 Å². The molecule has 8 heteroatoms. The number of hydrogen-bond donors (Lipinski definition) is 1. The summed E-state index contributed by atoms with van der Waals surface area (Å²) in [5, 5.41) is 6.91. The van der Waals surface area contributed by atoms with Gasteiger partial charge in [0, 0.05) is 30.1 Å². The number of nitrogens with one attached hydrogen (secondary N) is 1. The Hall–Kier alpha value is -3.68. The van der Waals surface area contributed by atoms with Crippen LogP contribution in [0, 0.1) is 5.92 Å². The predicted octanol–water partition coefficient (Wildman–Crippen LogP) is 3.56.